The number of rotatable bonds is 4. The molecule has 0 aliphatic carbocycles. The van der Waals surface area contributed by atoms with Crippen LogP contribution in [0, 0.1) is 11.7 Å². The largest absolute Gasteiger partial charge is 0.387 e. The topological polar surface area (TPSA) is 36.4 Å². The lowest BCUT2D eigenvalue weighted by Gasteiger charge is -2.31. The molecule has 2 atom stereocenters. The Morgan fingerprint density at radius 2 is 2.39 bits per heavy atom. The van der Waals surface area contributed by atoms with Gasteiger partial charge in [0.15, 0.2) is 0 Å². The number of aliphatic hydroxyl groups is 1. The average molecular weight is 252 g/mol. The number of pyridine rings is 1. The van der Waals surface area contributed by atoms with Gasteiger partial charge in [0.25, 0.3) is 0 Å². The standard InChI is InChI=1S/C14H21FN2O/c1-11-3-2-7-17(10-11)8-6-14(18)13-5-4-12(15)9-16-13/h4-5,9,11,14,18H,2-3,6-8,10H2,1H3. The van der Waals surface area contributed by atoms with Gasteiger partial charge in [0, 0.05) is 13.1 Å². The molecule has 0 saturated carbocycles. The highest BCUT2D eigenvalue weighted by Gasteiger charge is 2.17. The van der Waals surface area contributed by atoms with Crippen molar-refractivity contribution < 1.29 is 9.50 Å². The maximum Gasteiger partial charge on any atom is 0.141 e. The number of hydrogen-bond donors (Lipinski definition) is 1. The summed E-state index contributed by atoms with van der Waals surface area (Å²) in [7, 11) is 0. The van der Waals surface area contributed by atoms with Crippen LogP contribution in [0.3, 0.4) is 0 Å². The number of piperidine rings is 1. The Morgan fingerprint density at radius 3 is 3.06 bits per heavy atom. The summed E-state index contributed by atoms with van der Waals surface area (Å²) in [6.45, 7) is 5.38. The van der Waals surface area contributed by atoms with Gasteiger partial charge in [-0.05, 0) is 43.9 Å². The first kappa shape index (κ1) is 13.4. The SMILES string of the molecule is CC1CCCN(CCC(O)c2ccc(F)cn2)C1. The molecule has 4 heteroatoms. The third kappa shape index (κ3) is 3.75. The number of likely N-dealkylation sites (tertiary alicyclic amines) is 1. The third-order valence-electron chi connectivity index (χ3n) is 3.55. The highest BCUT2D eigenvalue weighted by Crippen LogP contribution is 2.19. The van der Waals surface area contributed by atoms with E-state index in [9.17, 15) is 9.50 Å². The summed E-state index contributed by atoms with van der Waals surface area (Å²) in [6, 6.07) is 2.90. The minimum absolute atomic E-state index is 0.365. The van der Waals surface area contributed by atoms with Gasteiger partial charge in [-0.1, -0.05) is 6.92 Å². The maximum absolute atomic E-state index is 12.7. The normalized spacial score (nSPS) is 22.9. The first-order valence-electron chi connectivity index (χ1n) is 6.67. The monoisotopic (exact) mass is 252 g/mol. The predicted octanol–water partition coefficient (Wildman–Crippen LogP) is 2.38. The zero-order valence-electron chi connectivity index (χ0n) is 10.8. The Bertz CT molecular complexity index is 369. The predicted molar refractivity (Wildman–Crippen MR) is 68.6 cm³/mol. The highest BCUT2D eigenvalue weighted by atomic mass is 19.1. The molecule has 0 spiro atoms. The molecule has 1 aliphatic heterocycles. The summed E-state index contributed by atoms with van der Waals surface area (Å²) in [6.07, 6.45) is 3.76. The number of halogens is 1. The Hall–Kier alpha value is -1.00. The minimum Gasteiger partial charge on any atom is -0.387 e. The number of hydrogen-bond acceptors (Lipinski definition) is 3. The van der Waals surface area contributed by atoms with E-state index in [0.29, 0.717) is 12.1 Å². The van der Waals surface area contributed by atoms with Gasteiger partial charge in [0.2, 0.25) is 0 Å². The second-order valence-corrected chi connectivity index (χ2v) is 5.25. The van der Waals surface area contributed by atoms with Gasteiger partial charge in [0.1, 0.15) is 5.82 Å². The van der Waals surface area contributed by atoms with Crippen LogP contribution in [0.1, 0.15) is 38.0 Å². The van der Waals surface area contributed by atoms with Crippen LogP contribution >= 0.6 is 0 Å². The van der Waals surface area contributed by atoms with Crippen molar-refractivity contribution in [3.05, 3.63) is 29.8 Å². The van der Waals surface area contributed by atoms with Crippen LogP contribution in [0.2, 0.25) is 0 Å². The first-order chi connectivity index (χ1) is 8.65. The molecule has 0 bridgehead atoms. The molecule has 0 amide bonds. The average Bonchev–Trinajstić information content (AvgIpc) is 2.37. The van der Waals surface area contributed by atoms with Crippen molar-refractivity contribution in [2.75, 3.05) is 19.6 Å². The molecular weight excluding hydrogens is 231 g/mol. The molecule has 0 aromatic carbocycles. The molecule has 2 heterocycles. The number of aromatic nitrogens is 1. The van der Waals surface area contributed by atoms with Crippen LogP contribution in [0.25, 0.3) is 0 Å². The van der Waals surface area contributed by atoms with Crippen LogP contribution in [-0.4, -0.2) is 34.6 Å². The van der Waals surface area contributed by atoms with Crippen molar-refractivity contribution in [1.82, 2.24) is 9.88 Å². The van der Waals surface area contributed by atoms with Crippen molar-refractivity contribution in [3.63, 3.8) is 0 Å². The van der Waals surface area contributed by atoms with E-state index in [4.69, 9.17) is 0 Å². The lowest BCUT2D eigenvalue weighted by atomic mass is 10.00. The molecule has 100 valence electrons. The zero-order valence-corrected chi connectivity index (χ0v) is 10.8. The molecule has 18 heavy (non-hydrogen) atoms. The van der Waals surface area contributed by atoms with Crippen LogP contribution in [-0.2, 0) is 0 Å². The maximum atomic E-state index is 12.7. The van der Waals surface area contributed by atoms with E-state index in [1.54, 1.807) is 6.07 Å². The fourth-order valence-corrected chi connectivity index (χ4v) is 2.53. The third-order valence-corrected chi connectivity index (χ3v) is 3.55. The molecule has 1 N–H and O–H groups in total. The second-order valence-electron chi connectivity index (χ2n) is 5.25. The molecule has 1 fully saturated rings. The Kier molecular flexibility index (Phi) is 4.66. The first-order valence-corrected chi connectivity index (χ1v) is 6.67. The molecule has 0 radical (unpaired) electrons. The Labute approximate surface area is 108 Å². The van der Waals surface area contributed by atoms with Gasteiger partial charge in [-0.15, -0.1) is 0 Å². The summed E-state index contributed by atoms with van der Waals surface area (Å²) < 4.78 is 12.7. The highest BCUT2D eigenvalue weighted by molar-refractivity contribution is 5.07. The van der Waals surface area contributed by atoms with Crippen LogP contribution < -0.4 is 0 Å². The molecule has 3 nitrogen and oxygen atoms in total. The Balaban J connectivity index is 1.80. The fraction of sp³-hybridized carbons (Fsp3) is 0.643. The van der Waals surface area contributed by atoms with Crippen molar-refractivity contribution in [3.8, 4) is 0 Å². The van der Waals surface area contributed by atoms with E-state index < -0.39 is 6.10 Å². The minimum atomic E-state index is -0.595. The van der Waals surface area contributed by atoms with E-state index in [-0.39, 0.29) is 5.82 Å². The molecular formula is C14H21FN2O. The van der Waals surface area contributed by atoms with Crippen molar-refractivity contribution >= 4 is 0 Å². The van der Waals surface area contributed by atoms with Gasteiger partial charge in [-0.2, -0.15) is 0 Å². The molecule has 1 aromatic rings. The fourth-order valence-electron chi connectivity index (χ4n) is 2.53. The van der Waals surface area contributed by atoms with Gasteiger partial charge < -0.3 is 10.0 Å². The summed E-state index contributed by atoms with van der Waals surface area (Å²) in [5.41, 5.74) is 0.557. The molecule has 2 unspecified atom stereocenters. The summed E-state index contributed by atoms with van der Waals surface area (Å²) in [5, 5.41) is 10.00. The van der Waals surface area contributed by atoms with Crippen LogP contribution in [0.15, 0.2) is 18.3 Å². The van der Waals surface area contributed by atoms with Crippen LogP contribution in [0.4, 0.5) is 4.39 Å². The summed E-state index contributed by atoms with van der Waals surface area (Å²) in [5.74, 6) is 0.385. The molecule has 2 rings (SSSR count). The second kappa shape index (κ2) is 6.25. The van der Waals surface area contributed by atoms with Crippen LogP contribution in [0.5, 0.6) is 0 Å². The number of nitrogens with zero attached hydrogens (tertiary/aromatic N) is 2. The Morgan fingerprint density at radius 1 is 1.56 bits per heavy atom. The molecule has 1 aliphatic rings. The lowest BCUT2D eigenvalue weighted by Crippen LogP contribution is -2.35. The summed E-state index contributed by atoms with van der Waals surface area (Å²) in [4.78, 5) is 6.30. The van der Waals surface area contributed by atoms with E-state index >= 15 is 0 Å². The lowest BCUT2D eigenvalue weighted by molar-refractivity contribution is 0.119. The molecule has 1 saturated heterocycles. The van der Waals surface area contributed by atoms with E-state index in [1.807, 2.05) is 0 Å². The van der Waals surface area contributed by atoms with E-state index in [0.717, 1.165) is 31.7 Å². The quantitative estimate of drug-likeness (QED) is 0.893. The van der Waals surface area contributed by atoms with Crippen molar-refractivity contribution in [1.29, 1.82) is 0 Å². The van der Waals surface area contributed by atoms with Gasteiger partial charge in [0.05, 0.1) is 18.0 Å². The van der Waals surface area contributed by atoms with Crippen molar-refractivity contribution in [2.24, 2.45) is 5.92 Å². The zero-order chi connectivity index (χ0) is 13.0. The van der Waals surface area contributed by atoms with E-state index in [1.165, 1.54) is 18.9 Å². The van der Waals surface area contributed by atoms with E-state index in [2.05, 4.69) is 16.8 Å². The van der Waals surface area contributed by atoms with Gasteiger partial charge in [-0.25, -0.2) is 4.39 Å². The van der Waals surface area contributed by atoms with Gasteiger partial charge in [-0.3, -0.25) is 4.98 Å². The van der Waals surface area contributed by atoms with Crippen molar-refractivity contribution in [2.45, 2.75) is 32.3 Å². The smallest absolute Gasteiger partial charge is 0.141 e. The van der Waals surface area contributed by atoms with Gasteiger partial charge >= 0.3 is 0 Å². The number of aliphatic hydroxyl groups excluding tert-OH is 1. The molecule has 1 aromatic heterocycles. The summed E-state index contributed by atoms with van der Waals surface area (Å²) >= 11 is 0.